The van der Waals surface area contributed by atoms with Gasteiger partial charge in [0, 0.05) is 18.6 Å². The molecule has 3 nitrogen and oxygen atoms in total. The minimum absolute atomic E-state index is 0. The summed E-state index contributed by atoms with van der Waals surface area (Å²) in [6, 6.07) is 2.25. The molecule has 1 aliphatic rings. The average Bonchev–Trinajstić information content (AvgIpc) is 2.87. The van der Waals surface area contributed by atoms with E-state index in [1.54, 1.807) is 0 Å². The monoisotopic (exact) mass is 321 g/mol. The number of aromatic amines is 1. The van der Waals surface area contributed by atoms with E-state index in [-0.39, 0.29) is 1.43 Å². The Morgan fingerprint density at radius 1 is 1.30 bits per heavy atom. The number of nitrogens with zero attached hydrogens (tertiary/aromatic N) is 2. The number of hydrogen-bond acceptors (Lipinski definition) is 2. The lowest BCUT2D eigenvalue weighted by atomic mass is 9.97. The van der Waals surface area contributed by atoms with Crippen molar-refractivity contribution < 1.29 is 1.43 Å². The molecule has 1 fully saturated rings. The van der Waals surface area contributed by atoms with Crippen molar-refractivity contribution in [2.24, 2.45) is 4.99 Å². The van der Waals surface area contributed by atoms with Gasteiger partial charge in [0.1, 0.15) is 5.82 Å². The number of likely N-dealkylation sites (tertiary alicyclic amines) is 1. The zero-order chi connectivity index (χ0) is 17.7. The molecule has 1 aromatic heterocycles. The van der Waals surface area contributed by atoms with Crippen LogP contribution >= 0.6 is 0 Å². The fourth-order valence-electron chi connectivity index (χ4n) is 2.92. The molecule has 23 heavy (non-hydrogen) atoms. The second-order valence-corrected chi connectivity index (χ2v) is 5.25. The molecule has 1 aliphatic heterocycles. The van der Waals surface area contributed by atoms with Crippen LogP contribution in [0.1, 0.15) is 79.4 Å². The van der Waals surface area contributed by atoms with Gasteiger partial charge in [-0.25, -0.2) is 4.99 Å². The average molecular weight is 322 g/mol. The highest BCUT2D eigenvalue weighted by molar-refractivity contribution is 5.64. The first kappa shape index (κ1) is 21.6. The van der Waals surface area contributed by atoms with Crippen LogP contribution in [-0.4, -0.2) is 36.2 Å². The molecule has 0 bridgehead atoms. The van der Waals surface area contributed by atoms with E-state index in [4.69, 9.17) is 0 Å². The van der Waals surface area contributed by atoms with E-state index in [1.165, 1.54) is 44.6 Å². The first-order valence-corrected chi connectivity index (χ1v) is 9.33. The molecule has 1 saturated heterocycles. The number of allylic oxidation sites excluding steroid dienone is 1. The molecule has 3 heteroatoms. The zero-order valence-electron chi connectivity index (χ0n) is 16.2. The van der Waals surface area contributed by atoms with Crippen molar-refractivity contribution in [2.45, 2.75) is 66.7 Å². The van der Waals surface area contributed by atoms with Crippen molar-refractivity contribution in [3.8, 4) is 0 Å². The lowest BCUT2D eigenvalue weighted by Gasteiger charge is -2.17. The van der Waals surface area contributed by atoms with E-state index in [9.17, 15) is 0 Å². The van der Waals surface area contributed by atoms with Gasteiger partial charge in [-0.05, 0) is 58.6 Å². The van der Waals surface area contributed by atoms with E-state index in [2.05, 4.69) is 40.7 Å². The van der Waals surface area contributed by atoms with Crippen LogP contribution in [0.15, 0.2) is 17.1 Å². The molecule has 0 amide bonds. The van der Waals surface area contributed by atoms with Gasteiger partial charge in [-0.2, -0.15) is 0 Å². The van der Waals surface area contributed by atoms with Crippen LogP contribution in [0, 0.1) is 0 Å². The first-order chi connectivity index (χ1) is 11.3. The smallest absolute Gasteiger partial charge is 0.136 e. The molecule has 0 aromatic carbocycles. The Kier molecular flexibility index (Phi) is 12.4. The molecular formula is C20H39N3. The summed E-state index contributed by atoms with van der Waals surface area (Å²) in [5.74, 6) is 1.54. The van der Waals surface area contributed by atoms with Crippen molar-refractivity contribution in [1.29, 1.82) is 0 Å². The van der Waals surface area contributed by atoms with Crippen molar-refractivity contribution in [3.63, 3.8) is 0 Å². The van der Waals surface area contributed by atoms with Gasteiger partial charge in [0.25, 0.3) is 0 Å². The number of aliphatic imine (C=N–C) groups is 1. The number of rotatable bonds is 4. The highest BCUT2D eigenvalue weighted by atomic mass is 15.1. The van der Waals surface area contributed by atoms with E-state index in [0.717, 1.165) is 11.4 Å². The molecule has 2 heterocycles. The molecular weight excluding hydrogens is 282 g/mol. The summed E-state index contributed by atoms with van der Waals surface area (Å²) in [6.07, 6.45) is 7.93. The summed E-state index contributed by atoms with van der Waals surface area (Å²) in [7, 11) is 0. The van der Waals surface area contributed by atoms with Gasteiger partial charge in [-0.1, -0.05) is 46.8 Å². The van der Waals surface area contributed by atoms with Crippen LogP contribution in [0.5, 0.6) is 0 Å². The van der Waals surface area contributed by atoms with E-state index < -0.39 is 0 Å². The molecule has 1 unspecified atom stereocenters. The summed E-state index contributed by atoms with van der Waals surface area (Å²) in [6.45, 7) is 19.5. The predicted octanol–water partition coefficient (Wildman–Crippen LogP) is 6.27. The molecule has 2 rings (SSSR count). The van der Waals surface area contributed by atoms with Crippen LogP contribution in [0.2, 0.25) is 0 Å². The Bertz CT molecular complexity index is 452. The largest absolute Gasteiger partial charge is 0.343 e. The van der Waals surface area contributed by atoms with Crippen molar-refractivity contribution in [2.75, 3.05) is 19.6 Å². The summed E-state index contributed by atoms with van der Waals surface area (Å²) in [5.41, 5.74) is 2.48. The Morgan fingerprint density at radius 3 is 2.57 bits per heavy atom. The van der Waals surface area contributed by atoms with Gasteiger partial charge >= 0.3 is 0 Å². The SMILES string of the molecule is C=Nc1[nH]c(C2CCCN(CC)CC2)cc1/C=C\C.CC.CC.[HH]. The Labute approximate surface area is 145 Å². The van der Waals surface area contributed by atoms with Crippen LogP contribution in [0.25, 0.3) is 6.08 Å². The van der Waals surface area contributed by atoms with Gasteiger partial charge in [0.05, 0.1) is 0 Å². The lowest BCUT2D eigenvalue weighted by Crippen LogP contribution is -2.24. The summed E-state index contributed by atoms with van der Waals surface area (Å²) < 4.78 is 0. The molecule has 134 valence electrons. The predicted molar refractivity (Wildman–Crippen MR) is 108 cm³/mol. The van der Waals surface area contributed by atoms with Crippen LogP contribution in [0.3, 0.4) is 0 Å². The first-order valence-electron chi connectivity index (χ1n) is 9.33. The number of aromatic nitrogens is 1. The number of hydrogen-bond donors (Lipinski definition) is 1. The third kappa shape index (κ3) is 6.74. The quantitative estimate of drug-likeness (QED) is 0.651. The topological polar surface area (TPSA) is 31.4 Å². The lowest BCUT2D eigenvalue weighted by molar-refractivity contribution is 0.299. The number of nitrogens with one attached hydrogen (secondary N) is 1. The minimum Gasteiger partial charge on any atom is -0.343 e. The summed E-state index contributed by atoms with van der Waals surface area (Å²) >= 11 is 0. The fraction of sp³-hybridized carbons (Fsp3) is 0.650. The van der Waals surface area contributed by atoms with Crippen LogP contribution in [-0.2, 0) is 0 Å². The van der Waals surface area contributed by atoms with Crippen molar-refractivity contribution >= 4 is 18.6 Å². The molecule has 0 spiro atoms. The second kappa shape index (κ2) is 13.1. The second-order valence-electron chi connectivity index (χ2n) is 5.25. The Morgan fingerprint density at radius 2 is 2.00 bits per heavy atom. The standard InChI is InChI=1S/C16H25N3.2C2H6.H2/c1-4-7-14-12-15(18-16(14)17-3)13-8-6-10-19(5-2)11-9-13;2*1-2;/h4,7,12-13,18H,3,5-6,8-11H2,1-2H3;2*1-2H3;1H/b7-4-;;;. The van der Waals surface area contributed by atoms with Crippen molar-refractivity contribution in [3.05, 3.63) is 23.4 Å². The van der Waals surface area contributed by atoms with Crippen LogP contribution < -0.4 is 0 Å². The molecule has 0 saturated carbocycles. The summed E-state index contributed by atoms with van der Waals surface area (Å²) in [4.78, 5) is 10.1. The van der Waals surface area contributed by atoms with E-state index in [1.807, 2.05) is 40.7 Å². The fourth-order valence-corrected chi connectivity index (χ4v) is 2.92. The minimum atomic E-state index is 0. The van der Waals surface area contributed by atoms with Gasteiger partial charge in [-0.3, -0.25) is 0 Å². The highest BCUT2D eigenvalue weighted by Crippen LogP contribution is 2.31. The van der Waals surface area contributed by atoms with Gasteiger partial charge in [0.15, 0.2) is 0 Å². The molecule has 1 atom stereocenters. The Balaban J connectivity index is 0. The maximum absolute atomic E-state index is 4.09. The molecule has 1 aromatic rings. The van der Waals surface area contributed by atoms with Crippen LogP contribution in [0.4, 0.5) is 5.82 Å². The third-order valence-corrected chi connectivity index (χ3v) is 4.06. The van der Waals surface area contributed by atoms with E-state index in [0.29, 0.717) is 5.92 Å². The normalized spacial score (nSPS) is 18.4. The van der Waals surface area contributed by atoms with Gasteiger partial charge < -0.3 is 9.88 Å². The maximum atomic E-state index is 4.09. The molecule has 0 aliphatic carbocycles. The van der Waals surface area contributed by atoms with E-state index >= 15 is 0 Å². The third-order valence-electron chi connectivity index (χ3n) is 4.06. The van der Waals surface area contributed by atoms with Crippen molar-refractivity contribution in [1.82, 2.24) is 9.88 Å². The van der Waals surface area contributed by atoms with Gasteiger partial charge in [-0.15, -0.1) is 0 Å². The highest BCUT2D eigenvalue weighted by Gasteiger charge is 2.19. The van der Waals surface area contributed by atoms with Gasteiger partial charge in [0.2, 0.25) is 0 Å². The zero-order valence-corrected chi connectivity index (χ0v) is 16.2. The molecule has 0 radical (unpaired) electrons. The molecule has 1 N–H and O–H groups in total. The number of H-pyrrole nitrogens is 1. The maximum Gasteiger partial charge on any atom is 0.136 e. The Hall–Kier alpha value is -1.35. The summed E-state index contributed by atoms with van der Waals surface area (Å²) in [5, 5.41) is 0.